The summed E-state index contributed by atoms with van der Waals surface area (Å²) >= 11 is 1.65. The maximum atomic E-state index is 13.1. The number of carbonyl (C=O) groups excluding carboxylic acids is 1. The fourth-order valence-electron chi connectivity index (χ4n) is 3.69. The molecule has 0 fully saturated rings. The molecule has 31 heavy (non-hydrogen) atoms. The Labute approximate surface area is 184 Å². The molecular weight excluding hydrogens is 404 g/mol. The first kappa shape index (κ1) is 19.3. The topological polar surface area (TPSA) is 51.9 Å². The molecule has 0 aliphatic rings. The fourth-order valence-corrected chi connectivity index (χ4v) is 4.51. The minimum Gasteiger partial charge on any atom is -0.331 e. The van der Waals surface area contributed by atoms with Gasteiger partial charge in [-0.05, 0) is 35.6 Å². The first-order chi connectivity index (χ1) is 15.2. The molecule has 154 valence electrons. The van der Waals surface area contributed by atoms with Gasteiger partial charge in [-0.25, -0.2) is 0 Å². The largest absolute Gasteiger partial charge is 0.331 e. The first-order valence-electron chi connectivity index (χ1n) is 10.2. The third-order valence-corrected chi connectivity index (χ3v) is 6.15. The molecule has 5 nitrogen and oxygen atoms in total. The van der Waals surface area contributed by atoms with Gasteiger partial charge in [0.1, 0.15) is 5.69 Å². The van der Waals surface area contributed by atoms with Crippen LogP contribution in [0.5, 0.6) is 0 Å². The molecule has 1 amide bonds. The summed E-state index contributed by atoms with van der Waals surface area (Å²) in [6, 6.07) is 22.6. The van der Waals surface area contributed by atoms with Crippen LogP contribution in [0.4, 0.5) is 5.69 Å². The second-order valence-corrected chi connectivity index (χ2v) is 8.59. The molecule has 5 rings (SSSR count). The maximum Gasteiger partial charge on any atom is 0.272 e. The van der Waals surface area contributed by atoms with E-state index in [2.05, 4.69) is 69.8 Å². The molecule has 0 saturated heterocycles. The van der Waals surface area contributed by atoms with E-state index in [1.54, 1.807) is 17.5 Å². The summed E-state index contributed by atoms with van der Waals surface area (Å²) in [4.78, 5) is 13.1. The van der Waals surface area contributed by atoms with Crippen LogP contribution in [-0.4, -0.2) is 20.3 Å². The summed E-state index contributed by atoms with van der Waals surface area (Å²) in [5.41, 5.74) is 5.98. The molecule has 0 saturated carbocycles. The van der Waals surface area contributed by atoms with Gasteiger partial charge in [-0.1, -0.05) is 60.2 Å². The van der Waals surface area contributed by atoms with Crippen LogP contribution in [0.3, 0.4) is 0 Å². The second-order valence-electron chi connectivity index (χ2n) is 7.64. The standard InChI is InChI=1S/C25H22N4OS/c1-18-7-9-20(10-8-18)15-28-17-21(14-26-28)27-25(30)23-13-24-22(11-12-31-24)29(23)16-19-5-3-2-4-6-19/h2-14,17H,15-16H2,1H3,(H,27,30). The highest BCUT2D eigenvalue weighted by atomic mass is 32.1. The Hall–Kier alpha value is -3.64. The highest BCUT2D eigenvalue weighted by Crippen LogP contribution is 2.27. The molecular formula is C25H22N4OS. The Morgan fingerprint density at radius 2 is 1.77 bits per heavy atom. The van der Waals surface area contributed by atoms with E-state index in [4.69, 9.17) is 0 Å². The number of fused-ring (bicyclic) bond motifs is 1. The van der Waals surface area contributed by atoms with Gasteiger partial charge < -0.3 is 9.88 Å². The lowest BCUT2D eigenvalue weighted by atomic mass is 10.1. The van der Waals surface area contributed by atoms with E-state index < -0.39 is 0 Å². The highest BCUT2D eigenvalue weighted by Gasteiger charge is 2.17. The van der Waals surface area contributed by atoms with E-state index in [0.717, 1.165) is 15.8 Å². The van der Waals surface area contributed by atoms with Crippen molar-refractivity contribution >= 4 is 33.1 Å². The van der Waals surface area contributed by atoms with Crippen LogP contribution < -0.4 is 5.32 Å². The van der Waals surface area contributed by atoms with E-state index in [1.165, 1.54) is 11.1 Å². The monoisotopic (exact) mass is 426 g/mol. The van der Waals surface area contributed by atoms with Crippen LogP contribution in [-0.2, 0) is 13.1 Å². The van der Waals surface area contributed by atoms with Crippen molar-refractivity contribution in [2.24, 2.45) is 0 Å². The van der Waals surface area contributed by atoms with Gasteiger partial charge in [-0.15, -0.1) is 11.3 Å². The van der Waals surface area contributed by atoms with Crippen LogP contribution in [0.2, 0.25) is 0 Å². The zero-order valence-electron chi connectivity index (χ0n) is 17.2. The molecule has 3 heterocycles. The molecule has 0 aliphatic carbocycles. The van der Waals surface area contributed by atoms with Crippen molar-refractivity contribution in [2.45, 2.75) is 20.0 Å². The van der Waals surface area contributed by atoms with Crippen LogP contribution in [0.25, 0.3) is 10.2 Å². The van der Waals surface area contributed by atoms with E-state index in [-0.39, 0.29) is 5.91 Å². The molecule has 6 heteroatoms. The van der Waals surface area contributed by atoms with E-state index in [9.17, 15) is 4.79 Å². The van der Waals surface area contributed by atoms with Crippen molar-refractivity contribution in [3.63, 3.8) is 0 Å². The van der Waals surface area contributed by atoms with Crippen molar-refractivity contribution in [3.05, 3.63) is 107 Å². The lowest BCUT2D eigenvalue weighted by Gasteiger charge is -2.10. The summed E-state index contributed by atoms with van der Waals surface area (Å²) in [6.07, 6.45) is 3.56. The van der Waals surface area contributed by atoms with Crippen LogP contribution >= 0.6 is 11.3 Å². The number of nitrogens with zero attached hydrogens (tertiary/aromatic N) is 3. The Kier molecular flexibility index (Phi) is 5.14. The van der Waals surface area contributed by atoms with Gasteiger partial charge in [0, 0.05) is 12.7 Å². The smallest absolute Gasteiger partial charge is 0.272 e. The Morgan fingerprint density at radius 1 is 1.00 bits per heavy atom. The number of hydrogen-bond acceptors (Lipinski definition) is 3. The van der Waals surface area contributed by atoms with Crippen molar-refractivity contribution in [2.75, 3.05) is 5.32 Å². The molecule has 1 N–H and O–H groups in total. The Morgan fingerprint density at radius 3 is 2.58 bits per heavy atom. The van der Waals surface area contributed by atoms with Crippen molar-refractivity contribution in [1.82, 2.24) is 14.3 Å². The lowest BCUT2D eigenvalue weighted by molar-refractivity contribution is 0.101. The van der Waals surface area contributed by atoms with Gasteiger partial charge >= 0.3 is 0 Å². The van der Waals surface area contributed by atoms with E-state index in [0.29, 0.717) is 24.5 Å². The molecule has 0 radical (unpaired) electrons. The lowest BCUT2D eigenvalue weighted by Crippen LogP contribution is -2.17. The number of carbonyl (C=O) groups is 1. The molecule has 3 aromatic heterocycles. The molecule has 0 bridgehead atoms. The van der Waals surface area contributed by atoms with Crippen molar-refractivity contribution in [3.8, 4) is 0 Å². The molecule has 0 spiro atoms. The Balaban J connectivity index is 1.36. The van der Waals surface area contributed by atoms with Gasteiger partial charge in [0.05, 0.1) is 28.6 Å². The van der Waals surface area contributed by atoms with Crippen molar-refractivity contribution < 1.29 is 4.79 Å². The predicted molar refractivity (Wildman–Crippen MR) is 126 cm³/mol. The van der Waals surface area contributed by atoms with Crippen LogP contribution in [0.15, 0.2) is 84.5 Å². The zero-order valence-corrected chi connectivity index (χ0v) is 18.0. The molecule has 0 unspecified atom stereocenters. The summed E-state index contributed by atoms with van der Waals surface area (Å²) < 4.78 is 5.02. The number of amides is 1. The van der Waals surface area contributed by atoms with Gasteiger partial charge in [0.2, 0.25) is 0 Å². The average molecular weight is 427 g/mol. The van der Waals surface area contributed by atoms with E-state index in [1.807, 2.05) is 35.1 Å². The van der Waals surface area contributed by atoms with Gasteiger partial charge in [0.25, 0.3) is 5.91 Å². The zero-order chi connectivity index (χ0) is 21.2. The highest BCUT2D eigenvalue weighted by molar-refractivity contribution is 7.17. The van der Waals surface area contributed by atoms with Crippen LogP contribution in [0, 0.1) is 6.92 Å². The van der Waals surface area contributed by atoms with Gasteiger partial charge in [0.15, 0.2) is 0 Å². The van der Waals surface area contributed by atoms with Gasteiger partial charge in [-0.3, -0.25) is 9.48 Å². The minimum atomic E-state index is -0.130. The molecule has 5 aromatic rings. The normalized spacial score (nSPS) is 11.1. The third-order valence-electron chi connectivity index (χ3n) is 5.30. The number of hydrogen-bond donors (Lipinski definition) is 1. The number of anilines is 1. The number of nitrogens with one attached hydrogen (secondary N) is 1. The number of aryl methyl sites for hydroxylation is 1. The predicted octanol–water partition coefficient (Wildman–Crippen LogP) is 5.56. The number of thiophene rings is 1. The van der Waals surface area contributed by atoms with Crippen LogP contribution in [0.1, 0.15) is 27.2 Å². The van der Waals surface area contributed by atoms with E-state index >= 15 is 0 Å². The summed E-state index contributed by atoms with van der Waals surface area (Å²) in [7, 11) is 0. The molecule has 0 atom stereocenters. The Bertz CT molecular complexity index is 1330. The maximum absolute atomic E-state index is 13.1. The third kappa shape index (κ3) is 4.15. The minimum absolute atomic E-state index is 0.130. The summed E-state index contributed by atoms with van der Waals surface area (Å²) in [6.45, 7) is 3.38. The average Bonchev–Trinajstić information content (AvgIpc) is 3.48. The fraction of sp³-hybridized carbons (Fsp3) is 0.120. The SMILES string of the molecule is Cc1ccc(Cn2cc(NC(=O)c3cc4sccc4n3Cc3ccccc3)cn2)cc1. The first-order valence-corrected chi connectivity index (χ1v) is 11.0. The van der Waals surface area contributed by atoms with Gasteiger partial charge in [-0.2, -0.15) is 5.10 Å². The molecule has 2 aromatic carbocycles. The second kappa shape index (κ2) is 8.24. The molecule has 0 aliphatic heterocycles. The van der Waals surface area contributed by atoms with Crippen molar-refractivity contribution in [1.29, 1.82) is 0 Å². The quantitative estimate of drug-likeness (QED) is 0.387. The summed E-state index contributed by atoms with van der Waals surface area (Å²) in [5.74, 6) is -0.130. The summed E-state index contributed by atoms with van der Waals surface area (Å²) in [5, 5.41) is 9.47. The number of rotatable bonds is 6. The number of benzene rings is 2. The number of aromatic nitrogens is 3.